The van der Waals surface area contributed by atoms with Crippen LogP contribution in [-0.4, -0.2) is 42.6 Å². The number of alkyl halides is 3. The van der Waals surface area contributed by atoms with Crippen molar-refractivity contribution >= 4 is 11.9 Å². The van der Waals surface area contributed by atoms with E-state index >= 15 is 0 Å². The molecule has 0 bridgehead atoms. The van der Waals surface area contributed by atoms with Gasteiger partial charge in [-0.1, -0.05) is 0 Å². The van der Waals surface area contributed by atoms with Crippen LogP contribution in [0, 0.1) is 0 Å². The van der Waals surface area contributed by atoms with E-state index in [0.29, 0.717) is 4.90 Å². The number of carbonyl (C=O) groups excluding carboxylic acids is 2. The Morgan fingerprint density at radius 3 is 2.20 bits per heavy atom. The first-order valence-corrected chi connectivity index (χ1v) is 4.24. The highest BCUT2D eigenvalue weighted by molar-refractivity contribution is 5.80. The van der Waals surface area contributed by atoms with E-state index in [1.54, 1.807) is 0 Å². The van der Waals surface area contributed by atoms with Crippen molar-refractivity contribution in [3.8, 4) is 0 Å². The molecule has 88 valence electrons. The van der Waals surface area contributed by atoms with Crippen LogP contribution >= 0.6 is 0 Å². The molecule has 0 fully saturated rings. The summed E-state index contributed by atoms with van der Waals surface area (Å²) < 4.78 is 40.2. The third kappa shape index (κ3) is 6.75. The Kier molecular flexibility index (Phi) is 5.10. The maximum absolute atomic E-state index is 12.0. The molecule has 0 aromatic rings. The Balaban J connectivity index is 4.17. The number of rotatable bonds is 4. The number of nitrogens with zero attached hydrogens (tertiary/aromatic N) is 1. The van der Waals surface area contributed by atoms with Crippen LogP contribution < -0.4 is 0 Å². The average Bonchev–Trinajstić information content (AvgIpc) is 2.08. The highest BCUT2D eigenvalue weighted by Crippen LogP contribution is 2.16. The Morgan fingerprint density at radius 1 is 1.33 bits per heavy atom. The van der Waals surface area contributed by atoms with Gasteiger partial charge >= 0.3 is 12.1 Å². The first-order valence-electron chi connectivity index (χ1n) is 4.24. The summed E-state index contributed by atoms with van der Waals surface area (Å²) in [6.45, 7) is 0.424. The maximum atomic E-state index is 12.0. The van der Waals surface area contributed by atoms with Gasteiger partial charge in [0.2, 0.25) is 0 Å². The van der Waals surface area contributed by atoms with Crippen LogP contribution in [0.25, 0.3) is 0 Å². The van der Waals surface area contributed by atoms with Crippen LogP contribution in [0.3, 0.4) is 0 Å². The lowest BCUT2D eigenvalue weighted by molar-refractivity contribution is -0.165. The van der Waals surface area contributed by atoms with E-state index in [2.05, 4.69) is 4.74 Å². The van der Waals surface area contributed by atoms with Crippen LogP contribution in [0.15, 0.2) is 0 Å². The molecule has 0 spiro atoms. The molecule has 0 N–H and O–H groups in total. The van der Waals surface area contributed by atoms with Crippen molar-refractivity contribution in [1.29, 1.82) is 0 Å². The summed E-state index contributed by atoms with van der Waals surface area (Å²) in [4.78, 5) is 22.0. The van der Waals surface area contributed by atoms with E-state index in [1.165, 1.54) is 6.92 Å². The number of esters is 1. The van der Waals surface area contributed by atoms with Crippen LogP contribution in [0.2, 0.25) is 0 Å². The standard InChI is InChI=1S/C8H12F3NO3/c1-3-12(5-8(9,10)11)7(14)4-15-6(2)13/h3-5H2,1-2H3. The van der Waals surface area contributed by atoms with E-state index in [9.17, 15) is 22.8 Å². The number of hydrogen-bond donors (Lipinski definition) is 0. The molecule has 0 aliphatic heterocycles. The molecule has 0 radical (unpaired) electrons. The fraction of sp³-hybridized carbons (Fsp3) is 0.750. The normalized spacial score (nSPS) is 11.0. The van der Waals surface area contributed by atoms with Gasteiger partial charge in [0.15, 0.2) is 6.61 Å². The van der Waals surface area contributed by atoms with E-state index in [-0.39, 0.29) is 6.54 Å². The SMILES string of the molecule is CCN(CC(F)(F)F)C(=O)COC(C)=O. The summed E-state index contributed by atoms with van der Waals surface area (Å²) in [6, 6.07) is 0. The minimum Gasteiger partial charge on any atom is -0.456 e. The van der Waals surface area contributed by atoms with Crippen LogP contribution in [0.4, 0.5) is 13.2 Å². The Morgan fingerprint density at radius 2 is 1.87 bits per heavy atom. The summed E-state index contributed by atoms with van der Waals surface area (Å²) in [5.74, 6) is -1.56. The van der Waals surface area contributed by atoms with Crippen molar-refractivity contribution in [1.82, 2.24) is 4.90 Å². The summed E-state index contributed by atoms with van der Waals surface area (Å²) in [6.07, 6.45) is -4.44. The minimum absolute atomic E-state index is 0.0837. The first kappa shape index (κ1) is 13.7. The molecular weight excluding hydrogens is 215 g/mol. The predicted octanol–water partition coefficient (Wildman–Crippen LogP) is 0.960. The van der Waals surface area contributed by atoms with Crippen molar-refractivity contribution in [3.05, 3.63) is 0 Å². The second-order valence-electron chi connectivity index (χ2n) is 2.80. The highest BCUT2D eigenvalue weighted by Gasteiger charge is 2.32. The molecule has 0 aromatic heterocycles. The molecule has 0 unspecified atom stereocenters. The molecule has 4 nitrogen and oxygen atoms in total. The zero-order valence-electron chi connectivity index (χ0n) is 8.43. The maximum Gasteiger partial charge on any atom is 0.406 e. The molecule has 1 amide bonds. The molecule has 0 aliphatic carbocycles. The van der Waals surface area contributed by atoms with Crippen LogP contribution in [-0.2, 0) is 14.3 Å². The van der Waals surface area contributed by atoms with E-state index in [0.717, 1.165) is 6.92 Å². The van der Waals surface area contributed by atoms with Gasteiger partial charge in [0.1, 0.15) is 6.54 Å². The highest BCUT2D eigenvalue weighted by atomic mass is 19.4. The predicted molar refractivity (Wildman–Crippen MR) is 44.9 cm³/mol. The lowest BCUT2D eigenvalue weighted by atomic mass is 10.4. The first-order chi connectivity index (χ1) is 6.76. The smallest absolute Gasteiger partial charge is 0.406 e. The zero-order chi connectivity index (χ0) is 12.1. The van der Waals surface area contributed by atoms with Crippen molar-refractivity contribution in [3.63, 3.8) is 0 Å². The average molecular weight is 227 g/mol. The van der Waals surface area contributed by atoms with Gasteiger partial charge in [0.25, 0.3) is 5.91 Å². The summed E-state index contributed by atoms with van der Waals surface area (Å²) >= 11 is 0. The molecule has 0 saturated heterocycles. The fourth-order valence-electron chi connectivity index (χ4n) is 0.847. The third-order valence-electron chi connectivity index (χ3n) is 1.50. The fourth-order valence-corrected chi connectivity index (χ4v) is 0.847. The molecule has 7 heteroatoms. The quantitative estimate of drug-likeness (QED) is 0.672. The Bertz CT molecular complexity index is 240. The van der Waals surface area contributed by atoms with Gasteiger partial charge in [-0.3, -0.25) is 9.59 Å². The lowest BCUT2D eigenvalue weighted by Crippen LogP contribution is -2.40. The van der Waals surface area contributed by atoms with Crippen molar-refractivity contribution in [2.75, 3.05) is 19.7 Å². The monoisotopic (exact) mass is 227 g/mol. The topological polar surface area (TPSA) is 46.6 Å². The van der Waals surface area contributed by atoms with Gasteiger partial charge in [-0.05, 0) is 6.92 Å². The van der Waals surface area contributed by atoms with Crippen molar-refractivity contribution < 1.29 is 27.5 Å². The number of carbonyl (C=O) groups is 2. The molecule has 0 rings (SSSR count). The summed E-state index contributed by atoms with van der Waals surface area (Å²) in [7, 11) is 0. The van der Waals surface area contributed by atoms with Crippen LogP contribution in [0.5, 0.6) is 0 Å². The molecule has 0 aromatic carbocycles. The molecule has 15 heavy (non-hydrogen) atoms. The van der Waals surface area contributed by atoms with Gasteiger partial charge in [0.05, 0.1) is 0 Å². The molecule has 0 aliphatic rings. The Labute approximate surface area is 85.0 Å². The third-order valence-corrected chi connectivity index (χ3v) is 1.50. The van der Waals surface area contributed by atoms with Gasteiger partial charge in [0, 0.05) is 13.5 Å². The van der Waals surface area contributed by atoms with Crippen molar-refractivity contribution in [2.24, 2.45) is 0 Å². The number of hydrogen-bond acceptors (Lipinski definition) is 3. The largest absolute Gasteiger partial charge is 0.456 e. The number of halogens is 3. The Hall–Kier alpha value is -1.27. The number of likely N-dealkylation sites (N-methyl/N-ethyl adjacent to an activating group) is 1. The van der Waals surface area contributed by atoms with Gasteiger partial charge in [-0.25, -0.2) is 0 Å². The van der Waals surface area contributed by atoms with Crippen LogP contribution in [0.1, 0.15) is 13.8 Å². The molecule has 0 heterocycles. The van der Waals surface area contributed by atoms with E-state index in [1.807, 2.05) is 0 Å². The number of ether oxygens (including phenoxy) is 1. The summed E-state index contributed by atoms with van der Waals surface area (Å²) in [5.41, 5.74) is 0. The molecule has 0 atom stereocenters. The van der Waals surface area contributed by atoms with Gasteiger partial charge in [-0.15, -0.1) is 0 Å². The second kappa shape index (κ2) is 5.57. The molecule has 0 saturated carbocycles. The van der Waals surface area contributed by atoms with E-state index in [4.69, 9.17) is 0 Å². The minimum atomic E-state index is -4.44. The second-order valence-corrected chi connectivity index (χ2v) is 2.80. The van der Waals surface area contributed by atoms with E-state index < -0.39 is 31.2 Å². The van der Waals surface area contributed by atoms with Gasteiger partial charge in [-0.2, -0.15) is 13.2 Å². The summed E-state index contributed by atoms with van der Waals surface area (Å²) in [5, 5.41) is 0. The number of amides is 1. The van der Waals surface area contributed by atoms with Gasteiger partial charge < -0.3 is 9.64 Å². The van der Waals surface area contributed by atoms with Crippen molar-refractivity contribution in [2.45, 2.75) is 20.0 Å². The zero-order valence-corrected chi connectivity index (χ0v) is 8.43. The lowest BCUT2D eigenvalue weighted by Gasteiger charge is -2.21. The molecular formula is C8H12F3NO3.